The van der Waals surface area contributed by atoms with E-state index in [1.165, 1.54) is 0 Å². The van der Waals surface area contributed by atoms with Crippen LogP contribution >= 0.6 is 0 Å². The number of anilines is 1. The SMILES string of the molecule is N#CNC(=NC1CCCCN(CC(=O)N2CCCC2)C1=O)Nc1ccc2ccc3ccccc3c2c1. The van der Waals surface area contributed by atoms with E-state index in [4.69, 9.17) is 0 Å². The number of aliphatic imine (C=N–C) groups is 1. The standard InChI is InChI=1S/C28H30N6O2/c29-19-30-28(31-22-13-12-21-11-10-20-7-1-2-8-23(20)24(21)17-22)32-25-9-3-4-16-34(27(25)36)18-26(35)33-14-5-6-15-33/h1-2,7-8,10-13,17,25H,3-6,9,14-16,18H2,(H2,30,31,32). The molecule has 2 aliphatic heterocycles. The molecule has 2 heterocycles. The Morgan fingerprint density at radius 3 is 2.50 bits per heavy atom. The third-order valence-electron chi connectivity index (χ3n) is 7.01. The number of rotatable bonds is 4. The number of amides is 2. The van der Waals surface area contributed by atoms with Crippen molar-refractivity contribution in [2.24, 2.45) is 4.99 Å². The first-order chi connectivity index (χ1) is 17.6. The van der Waals surface area contributed by atoms with E-state index in [1.807, 2.05) is 41.4 Å². The number of hydrogen-bond acceptors (Lipinski definition) is 4. The summed E-state index contributed by atoms with van der Waals surface area (Å²) in [5, 5.41) is 19.6. The fraction of sp³-hybridized carbons (Fsp3) is 0.357. The number of nitrogens with zero attached hydrogens (tertiary/aromatic N) is 4. The minimum absolute atomic E-state index is 0.00219. The van der Waals surface area contributed by atoms with Crippen LogP contribution in [-0.4, -0.2) is 59.8 Å². The molecule has 5 rings (SSSR count). The average Bonchev–Trinajstić information content (AvgIpc) is 3.39. The van der Waals surface area contributed by atoms with Crippen molar-refractivity contribution in [3.8, 4) is 6.19 Å². The van der Waals surface area contributed by atoms with Crippen molar-refractivity contribution in [1.29, 1.82) is 5.26 Å². The molecule has 36 heavy (non-hydrogen) atoms. The summed E-state index contributed by atoms with van der Waals surface area (Å²) in [6, 6.07) is 17.7. The van der Waals surface area contributed by atoms with Gasteiger partial charge in [0.25, 0.3) is 0 Å². The molecule has 2 saturated heterocycles. The Morgan fingerprint density at radius 1 is 0.972 bits per heavy atom. The molecule has 0 bridgehead atoms. The highest BCUT2D eigenvalue weighted by Crippen LogP contribution is 2.28. The fourth-order valence-corrected chi connectivity index (χ4v) is 5.11. The first-order valence-electron chi connectivity index (χ1n) is 12.6. The van der Waals surface area contributed by atoms with Gasteiger partial charge in [-0.1, -0.05) is 42.5 Å². The van der Waals surface area contributed by atoms with E-state index in [2.05, 4.69) is 39.9 Å². The average molecular weight is 483 g/mol. The first kappa shape index (κ1) is 23.6. The summed E-state index contributed by atoms with van der Waals surface area (Å²) >= 11 is 0. The van der Waals surface area contributed by atoms with Crippen molar-refractivity contribution in [1.82, 2.24) is 15.1 Å². The third kappa shape index (κ3) is 5.10. The summed E-state index contributed by atoms with van der Waals surface area (Å²) in [6.07, 6.45) is 6.20. The van der Waals surface area contributed by atoms with Gasteiger partial charge < -0.3 is 15.1 Å². The molecule has 2 fully saturated rings. The Balaban J connectivity index is 1.37. The van der Waals surface area contributed by atoms with Gasteiger partial charge >= 0.3 is 0 Å². The molecule has 184 valence electrons. The van der Waals surface area contributed by atoms with Crippen molar-refractivity contribution >= 4 is 45.0 Å². The zero-order chi connectivity index (χ0) is 24.9. The number of benzene rings is 3. The van der Waals surface area contributed by atoms with E-state index in [0.29, 0.717) is 13.0 Å². The number of hydrogen-bond donors (Lipinski definition) is 2. The van der Waals surface area contributed by atoms with Gasteiger partial charge in [-0.25, -0.2) is 4.99 Å². The van der Waals surface area contributed by atoms with Gasteiger partial charge in [0.15, 0.2) is 6.19 Å². The number of nitrogens with one attached hydrogen (secondary N) is 2. The minimum Gasteiger partial charge on any atom is -0.341 e. The summed E-state index contributed by atoms with van der Waals surface area (Å²) in [5.74, 6) is 0.0640. The molecule has 0 saturated carbocycles. The summed E-state index contributed by atoms with van der Waals surface area (Å²) in [7, 11) is 0. The van der Waals surface area contributed by atoms with Gasteiger partial charge in [0.1, 0.15) is 6.04 Å². The van der Waals surface area contributed by atoms with Gasteiger partial charge in [-0.05, 0) is 65.8 Å². The van der Waals surface area contributed by atoms with Crippen molar-refractivity contribution in [3.05, 3.63) is 54.6 Å². The highest BCUT2D eigenvalue weighted by molar-refractivity contribution is 6.09. The molecule has 0 aliphatic carbocycles. The lowest BCUT2D eigenvalue weighted by molar-refractivity contribution is -0.140. The number of carbonyl (C=O) groups is 2. The summed E-state index contributed by atoms with van der Waals surface area (Å²) < 4.78 is 0. The number of likely N-dealkylation sites (tertiary alicyclic amines) is 2. The normalized spacial score (nSPS) is 18.8. The summed E-state index contributed by atoms with van der Waals surface area (Å²) in [6.45, 7) is 2.18. The second-order valence-corrected chi connectivity index (χ2v) is 9.42. The quantitative estimate of drug-likeness (QED) is 0.194. The molecular weight excluding hydrogens is 452 g/mol. The zero-order valence-corrected chi connectivity index (χ0v) is 20.2. The monoisotopic (exact) mass is 482 g/mol. The van der Waals surface area contributed by atoms with Crippen molar-refractivity contribution in [3.63, 3.8) is 0 Å². The van der Waals surface area contributed by atoms with Crippen LogP contribution in [0.5, 0.6) is 0 Å². The van der Waals surface area contributed by atoms with E-state index in [-0.39, 0.29) is 24.3 Å². The highest BCUT2D eigenvalue weighted by Gasteiger charge is 2.30. The minimum atomic E-state index is -0.650. The number of carbonyl (C=O) groups excluding carboxylic acids is 2. The van der Waals surface area contributed by atoms with E-state index < -0.39 is 6.04 Å². The van der Waals surface area contributed by atoms with E-state index in [1.54, 1.807) is 4.90 Å². The maximum absolute atomic E-state index is 13.3. The fourth-order valence-electron chi connectivity index (χ4n) is 5.11. The lowest BCUT2D eigenvalue weighted by Gasteiger charge is -2.25. The Bertz CT molecular complexity index is 1360. The Morgan fingerprint density at radius 2 is 1.69 bits per heavy atom. The van der Waals surface area contributed by atoms with Crippen LogP contribution in [0.3, 0.4) is 0 Å². The van der Waals surface area contributed by atoms with Gasteiger partial charge in [0.2, 0.25) is 17.8 Å². The van der Waals surface area contributed by atoms with Crippen LogP contribution in [-0.2, 0) is 9.59 Å². The number of nitriles is 1. The van der Waals surface area contributed by atoms with E-state index >= 15 is 0 Å². The van der Waals surface area contributed by atoms with Gasteiger partial charge in [-0.2, -0.15) is 5.26 Å². The molecule has 2 N–H and O–H groups in total. The van der Waals surface area contributed by atoms with Crippen molar-refractivity contribution < 1.29 is 9.59 Å². The smallest absolute Gasteiger partial charge is 0.247 e. The molecule has 0 aromatic heterocycles. The van der Waals surface area contributed by atoms with Crippen LogP contribution in [0, 0.1) is 11.5 Å². The van der Waals surface area contributed by atoms with Crippen LogP contribution in [0.15, 0.2) is 59.6 Å². The molecule has 1 unspecified atom stereocenters. The summed E-state index contributed by atoms with van der Waals surface area (Å²) in [4.78, 5) is 34.1. The Labute approximate surface area is 210 Å². The number of guanidine groups is 1. The molecule has 1 atom stereocenters. The molecule has 3 aromatic carbocycles. The van der Waals surface area contributed by atoms with Gasteiger partial charge in [-0.15, -0.1) is 0 Å². The second-order valence-electron chi connectivity index (χ2n) is 9.42. The lowest BCUT2D eigenvalue weighted by atomic mass is 10.0. The second kappa shape index (κ2) is 10.6. The molecule has 8 heteroatoms. The predicted molar refractivity (Wildman–Crippen MR) is 141 cm³/mol. The zero-order valence-electron chi connectivity index (χ0n) is 20.2. The van der Waals surface area contributed by atoms with Crippen LogP contribution in [0.2, 0.25) is 0 Å². The first-order valence-corrected chi connectivity index (χ1v) is 12.6. The van der Waals surface area contributed by atoms with Gasteiger partial charge in [-0.3, -0.25) is 14.9 Å². The van der Waals surface area contributed by atoms with Crippen LogP contribution in [0.1, 0.15) is 32.1 Å². The molecule has 0 spiro atoms. The van der Waals surface area contributed by atoms with Crippen LogP contribution in [0.25, 0.3) is 21.5 Å². The highest BCUT2D eigenvalue weighted by atomic mass is 16.2. The van der Waals surface area contributed by atoms with Crippen LogP contribution in [0.4, 0.5) is 5.69 Å². The molecule has 8 nitrogen and oxygen atoms in total. The topological polar surface area (TPSA) is 101 Å². The Hall–Kier alpha value is -4.12. The van der Waals surface area contributed by atoms with Crippen molar-refractivity contribution in [2.75, 3.05) is 31.5 Å². The largest absolute Gasteiger partial charge is 0.341 e. The van der Waals surface area contributed by atoms with Crippen molar-refractivity contribution in [2.45, 2.75) is 38.1 Å². The van der Waals surface area contributed by atoms with Gasteiger partial charge in [0.05, 0.1) is 6.54 Å². The molecule has 2 amide bonds. The molecule has 0 radical (unpaired) electrons. The van der Waals surface area contributed by atoms with E-state index in [9.17, 15) is 14.9 Å². The lowest BCUT2D eigenvalue weighted by Crippen LogP contribution is -2.45. The number of fused-ring (bicyclic) bond motifs is 3. The van der Waals surface area contributed by atoms with Gasteiger partial charge in [0, 0.05) is 25.3 Å². The third-order valence-corrected chi connectivity index (χ3v) is 7.01. The van der Waals surface area contributed by atoms with Crippen LogP contribution < -0.4 is 10.6 Å². The maximum atomic E-state index is 13.3. The Kier molecular flexibility index (Phi) is 6.99. The molecular formula is C28H30N6O2. The maximum Gasteiger partial charge on any atom is 0.247 e. The molecule has 3 aromatic rings. The molecule has 2 aliphatic rings. The predicted octanol–water partition coefficient (Wildman–Crippen LogP) is 3.84. The summed E-state index contributed by atoms with van der Waals surface area (Å²) in [5.41, 5.74) is 0.766. The van der Waals surface area contributed by atoms with E-state index in [0.717, 1.165) is 66.0 Å².